The maximum Gasteiger partial charge on any atom is 0.411 e. The number of carbonyl (C=O) groups is 1. The summed E-state index contributed by atoms with van der Waals surface area (Å²) < 4.78 is 12.2. The van der Waals surface area contributed by atoms with Crippen molar-refractivity contribution in [2.75, 3.05) is 32.9 Å². The van der Waals surface area contributed by atoms with Crippen LogP contribution >= 0.6 is 11.6 Å². The predicted octanol–water partition coefficient (Wildman–Crippen LogP) is 8.19. The zero-order chi connectivity index (χ0) is 25.3. The first-order valence-corrected chi connectivity index (χ1v) is 14.2. The highest BCUT2D eigenvalue weighted by atomic mass is 35.5. The number of hydrogen-bond acceptors (Lipinski definition) is 4. The number of fused-ring (bicyclic) bond motifs is 5. The van der Waals surface area contributed by atoms with E-state index >= 15 is 0 Å². The molecule has 5 nitrogen and oxygen atoms in total. The molecule has 0 aliphatic carbocycles. The van der Waals surface area contributed by atoms with Crippen LogP contribution in [-0.2, 0) is 4.74 Å². The fourth-order valence-corrected chi connectivity index (χ4v) is 5.69. The average molecular weight is 513 g/mol. The average Bonchev–Trinajstić information content (AvgIpc) is 3.26. The van der Waals surface area contributed by atoms with E-state index in [1.165, 1.54) is 31.2 Å². The number of rotatable bonds is 12. The van der Waals surface area contributed by atoms with Crippen molar-refractivity contribution in [1.82, 2.24) is 9.80 Å². The van der Waals surface area contributed by atoms with Crippen molar-refractivity contribution in [2.45, 2.75) is 77.0 Å². The fourth-order valence-electron chi connectivity index (χ4n) is 5.51. The van der Waals surface area contributed by atoms with Gasteiger partial charge in [-0.2, -0.15) is 0 Å². The molecule has 1 amide bonds. The van der Waals surface area contributed by atoms with Crippen molar-refractivity contribution in [2.24, 2.45) is 0 Å². The summed E-state index contributed by atoms with van der Waals surface area (Å²) in [6.07, 6.45) is 9.04. The van der Waals surface area contributed by atoms with Gasteiger partial charge in [0, 0.05) is 48.6 Å². The molecule has 1 saturated heterocycles. The molecule has 2 aliphatic heterocycles. The molecule has 0 radical (unpaired) electrons. The minimum Gasteiger partial charge on any atom is -0.457 e. The van der Waals surface area contributed by atoms with Gasteiger partial charge < -0.3 is 14.4 Å². The minimum absolute atomic E-state index is 0.178. The van der Waals surface area contributed by atoms with Gasteiger partial charge in [-0.1, -0.05) is 82.2 Å². The van der Waals surface area contributed by atoms with Crippen LogP contribution in [0.2, 0.25) is 5.02 Å². The molecule has 0 N–H and O–H groups in total. The largest absolute Gasteiger partial charge is 0.457 e. The van der Waals surface area contributed by atoms with E-state index < -0.39 is 0 Å². The van der Waals surface area contributed by atoms with E-state index in [9.17, 15) is 4.79 Å². The number of nitrogens with zero attached hydrogens (tertiary/aromatic N) is 2. The van der Waals surface area contributed by atoms with Gasteiger partial charge in [-0.05, 0) is 42.7 Å². The summed E-state index contributed by atoms with van der Waals surface area (Å²) >= 11 is 6.38. The van der Waals surface area contributed by atoms with Crippen LogP contribution < -0.4 is 4.74 Å². The van der Waals surface area contributed by atoms with Crippen LogP contribution in [0.5, 0.6) is 11.5 Å². The Morgan fingerprint density at radius 3 is 2.25 bits per heavy atom. The number of benzene rings is 2. The maximum absolute atomic E-state index is 13.1. The Hall–Kier alpha value is -2.24. The fraction of sp³-hybridized carbons (Fsp3) is 0.567. The first-order valence-electron chi connectivity index (χ1n) is 13.8. The van der Waals surface area contributed by atoms with Gasteiger partial charge in [-0.25, -0.2) is 4.79 Å². The second-order valence-electron chi connectivity index (χ2n) is 10.2. The molecule has 0 saturated carbocycles. The Balaban J connectivity index is 1.41. The van der Waals surface area contributed by atoms with E-state index in [0.29, 0.717) is 11.8 Å². The number of carbonyl (C=O) groups excluding carboxylic acids is 1. The third kappa shape index (κ3) is 6.74. The summed E-state index contributed by atoms with van der Waals surface area (Å²) in [6.45, 7) is 7.92. The van der Waals surface area contributed by atoms with Crippen LogP contribution in [-0.4, -0.2) is 48.8 Å². The maximum atomic E-state index is 13.1. The van der Waals surface area contributed by atoms with Gasteiger partial charge >= 0.3 is 6.09 Å². The number of hydrogen-bond donors (Lipinski definition) is 0. The lowest BCUT2D eigenvalue weighted by Gasteiger charge is -2.24. The Labute approximate surface area is 221 Å². The molecule has 2 heterocycles. The molecule has 1 fully saturated rings. The second-order valence-corrected chi connectivity index (χ2v) is 10.7. The van der Waals surface area contributed by atoms with Gasteiger partial charge in [0.05, 0.1) is 0 Å². The van der Waals surface area contributed by atoms with Gasteiger partial charge in [-0.15, -0.1) is 0 Å². The third-order valence-electron chi connectivity index (χ3n) is 7.50. The lowest BCUT2D eigenvalue weighted by atomic mass is 9.84. The number of ether oxygens (including phenoxy) is 2. The molecule has 2 unspecified atom stereocenters. The van der Waals surface area contributed by atoms with Crippen molar-refractivity contribution in [1.29, 1.82) is 0 Å². The summed E-state index contributed by atoms with van der Waals surface area (Å²) in [5.41, 5.74) is 2.34. The monoisotopic (exact) mass is 512 g/mol. The molecule has 6 heteroatoms. The van der Waals surface area contributed by atoms with E-state index in [-0.39, 0.29) is 17.9 Å². The first-order chi connectivity index (χ1) is 17.6. The van der Waals surface area contributed by atoms with E-state index in [0.717, 1.165) is 68.9 Å². The molecule has 196 valence electrons. The van der Waals surface area contributed by atoms with E-state index in [2.05, 4.69) is 30.9 Å². The molecule has 0 spiro atoms. The smallest absolute Gasteiger partial charge is 0.411 e. The summed E-state index contributed by atoms with van der Waals surface area (Å²) in [6, 6.07) is 14.2. The van der Waals surface area contributed by atoms with Crippen LogP contribution in [0.3, 0.4) is 0 Å². The Bertz CT molecular complexity index is 986. The van der Waals surface area contributed by atoms with Crippen molar-refractivity contribution in [3.8, 4) is 11.5 Å². The Morgan fingerprint density at radius 2 is 1.56 bits per heavy atom. The quantitative estimate of drug-likeness (QED) is 0.269. The van der Waals surface area contributed by atoms with Crippen molar-refractivity contribution >= 4 is 17.7 Å². The number of likely N-dealkylation sites (tertiary alicyclic amines) is 1. The van der Waals surface area contributed by atoms with E-state index in [1.807, 2.05) is 35.2 Å². The van der Waals surface area contributed by atoms with Crippen molar-refractivity contribution in [3.05, 3.63) is 58.6 Å². The molecule has 4 rings (SSSR count). The summed E-state index contributed by atoms with van der Waals surface area (Å²) in [5.74, 6) is 2.26. The second kappa shape index (κ2) is 13.3. The number of para-hydroxylation sites is 1. The van der Waals surface area contributed by atoms with Gasteiger partial charge in [0.15, 0.2) is 0 Å². The highest BCUT2D eigenvalue weighted by molar-refractivity contribution is 6.30. The highest BCUT2D eigenvalue weighted by Gasteiger charge is 2.40. The van der Waals surface area contributed by atoms with Gasteiger partial charge in [-0.3, -0.25) is 4.90 Å². The molecule has 2 aliphatic rings. The van der Waals surface area contributed by atoms with Crippen LogP contribution in [0.1, 0.15) is 88.2 Å². The zero-order valence-corrected chi connectivity index (χ0v) is 22.6. The Kier molecular flexibility index (Phi) is 9.94. The lowest BCUT2D eigenvalue weighted by molar-refractivity contribution is 0.0518. The number of amides is 1. The summed E-state index contributed by atoms with van der Waals surface area (Å²) in [5, 5.41) is 0.716. The van der Waals surface area contributed by atoms with Crippen LogP contribution in [0.25, 0.3) is 0 Å². The minimum atomic E-state index is -0.178. The van der Waals surface area contributed by atoms with Gasteiger partial charge in [0.25, 0.3) is 0 Å². The molecule has 2 aromatic carbocycles. The summed E-state index contributed by atoms with van der Waals surface area (Å²) in [7, 11) is 0. The molecule has 0 bridgehead atoms. The molecule has 2 aromatic rings. The molecular formula is C30H41ClN2O3. The highest BCUT2D eigenvalue weighted by Crippen LogP contribution is 2.50. The van der Waals surface area contributed by atoms with Gasteiger partial charge in [0.1, 0.15) is 18.2 Å². The predicted molar refractivity (Wildman–Crippen MR) is 146 cm³/mol. The van der Waals surface area contributed by atoms with Crippen molar-refractivity contribution in [3.63, 3.8) is 0 Å². The molecular weight excluding hydrogens is 472 g/mol. The van der Waals surface area contributed by atoms with E-state index in [4.69, 9.17) is 21.1 Å². The van der Waals surface area contributed by atoms with E-state index in [1.54, 1.807) is 0 Å². The standard InChI is InChI=1S/C30H41ClN2O3/c1-3-5-7-11-17-33(18-12-8-6-4-2)30(34)35-22-32-20-26-24-13-9-10-14-28(24)36-29-16-15-23(31)19-25(29)27(26)21-32/h9-10,13-16,19,26-27H,3-8,11-12,17-18,20-22H2,1-2H3. The molecule has 2 atom stereocenters. The number of unbranched alkanes of at least 4 members (excludes halogenated alkanes) is 6. The van der Waals surface area contributed by atoms with Gasteiger partial charge in [0.2, 0.25) is 0 Å². The third-order valence-corrected chi connectivity index (χ3v) is 7.73. The van der Waals surface area contributed by atoms with Crippen LogP contribution in [0.4, 0.5) is 4.79 Å². The van der Waals surface area contributed by atoms with Crippen LogP contribution in [0, 0.1) is 0 Å². The lowest BCUT2D eigenvalue weighted by Crippen LogP contribution is -2.36. The SMILES string of the molecule is CCCCCCN(CCCCCC)C(=O)OCN1CC2c3ccccc3Oc3ccc(Cl)cc3C2C1. The van der Waals surface area contributed by atoms with Crippen LogP contribution in [0.15, 0.2) is 42.5 Å². The Morgan fingerprint density at radius 1 is 0.917 bits per heavy atom. The zero-order valence-electron chi connectivity index (χ0n) is 21.9. The van der Waals surface area contributed by atoms with Crippen molar-refractivity contribution < 1.29 is 14.3 Å². The molecule has 0 aromatic heterocycles. The molecule has 36 heavy (non-hydrogen) atoms. The topological polar surface area (TPSA) is 42.0 Å². The first kappa shape index (κ1) is 26.8. The number of halogens is 1. The summed E-state index contributed by atoms with van der Waals surface area (Å²) in [4.78, 5) is 17.3. The normalized spacial score (nSPS) is 18.5.